The lowest BCUT2D eigenvalue weighted by Crippen LogP contribution is -2.20. The average molecular weight is 386 g/mol. The second kappa shape index (κ2) is 10.6. The number of hydrogen-bond acceptors (Lipinski definition) is 7. The normalized spacial score (nSPS) is 10.5. The highest BCUT2D eigenvalue weighted by molar-refractivity contribution is 5.93. The lowest BCUT2D eigenvalue weighted by atomic mass is 10.2. The van der Waals surface area contributed by atoms with Gasteiger partial charge in [-0.1, -0.05) is 5.16 Å². The summed E-state index contributed by atoms with van der Waals surface area (Å²) in [5, 5.41) is 14.3. The molecule has 0 saturated carbocycles. The third kappa shape index (κ3) is 6.01. The maximum atomic E-state index is 12.1. The monoisotopic (exact) mass is 386 g/mol. The third-order valence-electron chi connectivity index (χ3n) is 3.51. The van der Waals surface area contributed by atoms with Crippen LogP contribution in [0.3, 0.4) is 0 Å². The molecule has 0 spiro atoms. The topological polar surface area (TPSA) is 106 Å². The van der Waals surface area contributed by atoms with Gasteiger partial charge in [-0.2, -0.15) is 0 Å². The molecule has 2 aromatic rings. The van der Waals surface area contributed by atoms with Gasteiger partial charge in [-0.25, -0.2) is 4.79 Å². The van der Waals surface area contributed by atoms with Crippen LogP contribution in [0.2, 0.25) is 0 Å². The van der Waals surface area contributed by atoms with Crippen LogP contribution in [0, 0.1) is 0 Å². The molecule has 8 nitrogen and oxygen atoms in total. The number of anilines is 1. The number of hydrogen-bond donors (Lipinski definition) is 2. The molecule has 0 aromatic heterocycles. The van der Waals surface area contributed by atoms with Gasteiger partial charge in [-0.05, 0) is 56.3 Å². The maximum Gasteiger partial charge on any atom is 0.338 e. The molecule has 0 heterocycles. The van der Waals surface area contributed by atoms with Crippen LogP contribution in [-0.4, -0.2) is 43.1 Å². The standard InChI is InChI=1S/C20H22N2O6/c1-3-26-18-11-14(12-21-25)5-10-17(18)28-13-19(23)22-16-8-6-15(7-9-16)20(24)27-4-2/h5-12,25H,3-4,13H2,1-2H3,(H,22,23)/b21-12+. The summed E-state index contributed by atoms with van der Waals surface area (Å²) in [6, 6.07) is 11.3. The van der Waals surface area contributed by atoms with E-state index in [0.29, 0.717) is 41.5 Å². The number of nitrogens with zero attached hydrogens (tertiary/aromatic N) is 1. The average Bonchev–Trinajstić information content (AvgIpc) is 2.68. The predicted octanol–water partition coefficient (Wildman–Crippen LogP) is 3.09. The quantitative estimate of drug-likeness (QED) is 0.297. The van der Waals surface area contributed by atoms with Gasteiger partial charge in [0.15, 0.2) is 18.1 Å². The number of nitrogens with one attached hydrogen (secondary N) is 1. The minimum Gasteiger partial charge on any atom is -0.490 e. The van der Waals surface area contributed by atoms with Gasteiger partial charge in [0, 0.05) is 11.3 Å². The molecule has 2 N–H and O–H groups in total. The van der Waals surface area contributed by atoms with Crippen molar-refractivity contribution < 1.29 is 29.0 Å². The Balaban J connectivity index is 1.96. The summed E-state index contributed by atoms with van der Waals surface area (Å²) >= 11 is 0. The molecule has 0 unspecified atom stereocenters. The van der Waals surface area contributed by atoms with E-state index in [4.69, 9.17) is 19.4 Å². The van der Waals surface area contributed by atoms with Crippen molar-refractivity contribution in [1.29, 1.82) is 0 Å². The molecule has 0 atom stereocenters. The van der Waals surface area contributed by atoms with Crippen LogP contribution in [0.15, 0.2) is 47.6 Å². The van der Waals surface area contributed by atoms with E-state index in [9.17, 15) is 9.59 Å². The zero-order chi connectivity index (χ0) is 20.4. The Hall–Kier alpha value is -3.55. The number of amides is 1. The molecule has 28 heavy (non-hydrogen) atoms. The molecule has 0 aliphatic carbocycles. The fraction of sp³-hybridized carbons (Fsp3) is 0.250. The van der Waals surface area contributed by atoms with E-state index in [1.54, 1.807) is 49.4 Å². The van der Waals surface area contributed by atoms with E-state index < -0.39 is 5.97 Å². The summed E-state index contributed by atoms with van der Waals surface area (Å²) in [5.74, 6) is 0.0467. The summed E-state index contributed by atoms with van der Waals surface area (Å²) < 4.78 is 15.9. The van der Waals surface area contributed by atoms with Crippen molar-refractivity contribution in [3.05, 3.63) is 53.6 Å². The largest absolute Gasteiger partial charge is 0.490 e. The minimum atomic E-state index is -0.415. The molecule has 0 fully saturated rings. The number of rotatable bonds is 9. The molecule has 0 radical (unpaired) electrons. The summed E-state index contributed by atoms with van der Waals surface area (Å²) in [6.45, 7) is 4.04. The Labute approximate surface area is 162 Å². The fourth-order valence-corrected chi connectivity index (χ4v) is 2.30. The van der Waals surface area contributed by atoms with E-state index in [-0.39, 0.29) is 12.5 Å². The first-order chi connectivity index (χ1) is 13.6. The van der Waals surface area contributed by atoms with Crippen LogP contribution in [0.5, 0.6) is 11.5 Å². The van der Waals surface area contributed by atoms with Crippen molar-refractivity contribution in [3.8, 4) is 11.5 Å². The molecule has 1 amide bonds. The number of oxime groups is 1. The lowest BCUT2D eigenvalue weighted by molar-refractivity contribution is -0.118. The Bertz CT molecular complexity index is 833. The van der Waals surface area contributed by atoms with Crippen LogP contribution in [0.1, 0.15) is 29.8 Å². The van der Waals surface area contributed by atoms with Crippen LogP contribution in [0.4, 0.5) is 5.69 Å². The molecule has 0 bridgehead atoms. The van der Waals surface area contributed by atoms with Crippen molar-refractivity contribution in [2.75, 3.05) is 25.1 Å². The minimum absolute atomic E-state index is 0.229. The first-order valence-electron chi connectivity index (χ1n) is 8.71. The molecule has 8 heteroatoms. The molecule has 0 aliphatic rings. The molecule has 0 aliphatic heterocycles. The second-order valence-corrected chi connectivity index (χ2v) is 5.52. The SMILES string of the molecule is CCOC(=O)c1ccc(NC(=O)COc2ccc(/C=N/O)cc2OCC)cc1. The van der Waals surface area contributed by atoms with Crippen LogP contribution < -0.4 is 14.8 Å². The van der Waals surface area contributed by atoms with Gasteiger partial charge >= 0.3 is 5.97 Å². The predicted molar refractivity (Wildman–Crippen MR) is 104 cm³/mol. The van der Waals surface area contributed by atoms with Crippen LogP contribution in [0.25, 0.3) is 0 Å². The number of ether oxygens (including phenoxy) is 3. The van der Waals surface area contributed by atoms with Crippen molar-refractivity contribution in [3.63, 3.8) is 0 Å². The van der Waals surface area contributed by atoms with Crippen molar-refractivity contribution in [2.24, 2.45) is 5.16 Å². The van der Waals surface area contributed by atoms with Gasteiger partial charge in [-0.3, -0.25) is 4.79 Å². The van der Waals surface area contributed by atoms with Gasteiger partial charge < -0.3 is 24.7 Å². The smallest absolute Gasteiger partial charge is 0.338 e. The fourth-order valence-electron chi connectivity index (χ4n) is 2.30. The Kier molecular flexibility index (Phi) is 7.83. The molecule has 0 saturated heterocycles. The maximum absolute atomic E-state index is 12.1. The summed E-state index contributed by atoms with van der Waals surface area (Å²) in [4.78, 5) is 23.7. The molecular weight excluding hydrogens is 364 g/mol. The summed E-state index contributed by atoms with van der Waals surface area (Å²) in [5.41, 5.74) is 1.56. The highest BCUT2D eigenvalue weighted by Gasteiger charge is 2.10. The number of esters is 1. The number of carbonyl (C=O) groups excluding carboxylic acids is 2. The Morgan fingerprint density at radius 3 is 2.43 bits per heavy atom. The zero-order valence-electron chi connectivity index (χ0n) is 15.7. The summed E-state index contributed by atoms with van der Waals surface area (Å²) in [6.07, 6.45) is 1.26. The molecule has 148 valence electrons. The van der Waals surface area contributed by atoms with Crippen molar-refractivity contribution in [2.45, 2.75) is 13.8 Å². The van der Waals surface area contributed by atoms with Crippen molar-refractivity contribution in [1.82, 2.24) is 0 Å². The Morgan fingerprint density at radius 1 is 1.04 bits per heavy atom. The van der Waals surface area contributed by atoms with E-state index in [2.05, 4.69) is 10.5 Å². The lowest BCUT2D eigenvalue weighted by Gasteiger charge is -2.12. The highest BCUT2D eigenvalue weighted by Crippen LogP contribution is 2.28. The van der Waals surface area contributed by atoms with E-state index in [0.717, 1.165) is 0 Å². The van der Waals surface area contributed by atoms with Gasteiger partial charge in [0.1, 0.15) is 0 Å². The van der Waals surface area contributed by atoms with Gasteiger partial charge in [0.2, 0.25) is 0 Å². The van der Waals surface area contributed by atoms with Gasteiger partial charge in [0.25, 0.3) is 5.91 Å². The van der Waals surface area contributed by atoms with Gasteiger partial charge in [-0.15, -0.1) is 0 Å². The first kappa shape index (κ1) is 20.8. The molecular formula is C20H22N2O6. The third-order valence-corrected chi connectivity index (χ3v) is 3.51. The van der Waals surface area contributed by atoms with Crippen LogP contribution >= 0.6 is 0 Å². The first-order valence-corrected chi connectivity index (χ1v) is 8.71. The molecule has 2 rings (SSSR count). The second-order valence-electron chi connectivity index (χ2n) is 5.52. The number of carbonyl (C=O) groups is 2. The van der Waals surface area contributed by atoms with E-state index in [1.165, 1.54) is 6.21 Å². The molecule has 2 aromatic carbocycles. The highest BCUT2D eigenvalue weighted by atomic mass is 16.5. The van der Waals surface area contributed by atoms with E-state index >= 15 is 0 Å². The zero-order valence-corrected chi connectivity index (χ0v) is 15.7. The van der Waals surface area contributed by atoms with Crippen LogP contribution in [-0.2, 0) is 9.53 Å². The van der Waals surface area contributed by atoms with Crippen molar-refractivity contribution >= 4 is 23.8 Å². The summed E-state index contributed by atoms with van der Waals surface area (Å²) in [7, 11) is 0. The van der Waals surface area contributed by atoms with E-state index in [1.807, 2.05) is 6.92 Å². The van der Waals surface area contributed by atoms with Gasteiger partial charge in [0.05, 0.1) is 25.0 Å². The Morgan fingerprint density at radius 2 is 1.79 bits per heavy atom. The number of benzene rings is 2.